The van der Waals surface area contributed by atoms with Crippen LogP contribution in [-0.4, -0.2) is 9.78 Å². The van der Waals surface area contributed by atoms with E-state index in [1.54, 1.807) is 16.8 Å². The van der Waals surface area contributed by atoms with Gasteiger partial charge < -0.3 is 10.5 Å². The van der Waals surface area contributed by atoms with Crippen LogP contribution in [0, 0.1) is 17.1 Å². The molecule has 0 fully saturated rings. The molecule has 0 aliphatic carbocycles. The van der Waals surface area contributed by atoms with Crippen LogP contribution in [0.4, 0.5) is 10.2 Å². The summed E-state index contributed by atoms with van der Waals surface area (Å²) in [5.41, 5.74) is 6.95. The molecule has 1 aromatic heterocycles. The summed E-state index contributed by atoms with van der Waals surface area (Å²) < 4.78 is 20.0. The van der Waals surface area contributed by atoms with E-state index >= 15 is 0 Å². The van der Waals surface area contributed by atoms with Gasteiger partial charge in [0.2, 0.25) is 0 Å². The molecule has 0 saturated carbocycles. The zero-order chi connectivity index (χ0) is 15.4. The minimum absolute atomic E-state index is 0.0836. The van der Waals surface area contributed by atoms with E-state index in [1.807, 2.05) is 19.9 Å². The Bertz CT molecular complexity index is 658. The van der Waals surface area contributed by atoms with E-state index in [9.17, 15) is 9.65 Å². The van der Waals surface area contributed by atoms with Crippen molar-refractivity contribution in [1.82, 2.24) is 9.78 Å². The fourth-order valence-corrected chi connectivity index (χ4v) is 1.87. The van der Waals surface area contributed by atoms with Crippen LogP contribution < -0.4 is 10.5 Å². The Labute approximate surface area is 122 Å². The number of rotatable bonds is 5. The number of nitrogens with zero attached hydrogens (tertiary/aromatic N) is 3. The van der Waals surface area contributed by atoms with E-state index in [4.69, 9.17) is 10.5 Å². The van der Waals surface area contributed by atoms with Crippen molar-refractivity contribution >= 4 is 5.82 Å². The van der Waals surface area contributed by atoms with Crippen LogP contribution in [0.3, 0.4) is 0 Å². The highest BCUT2D eigenvalue weighted by atomic mass is 19.1. The Balaban J connectivity index is 2.20. The molecule has 2 rings (SSSR count). The summed E-state index contributed by atoms with van der Waals surface area (Å²) in [5, 5.41) is 13.4. The van der Waals surface area contributed by atoms with Crippen LogP contribution in [0.25, 0.3) is 0 Å². The van der Waals surface area contributed by atoms with Crippen LogP contribution in [0.2, 0.25) is 0 Å². The molecule has 2 N–H and O–H groups in total. The largest absolute Gasteiger partial charge is 0.471 e. The molecule has 2 aromatic rings. The van der Waals surface area contributed by atoms with E-state index in [2.05, 4.69) is 5.10 Å². The average molecular weight is 288 g/mol. The Morgan fingerprint density at radius 3 is 2.67 bits per heavy atom. The van der Waals surface area contributed by atoms with Crippen LogP contribution in [0.5, 0.6) is 5.88 Å². The summed E-state index contributed by atoms with van der Waals surface area (Å²) >= 11 is 0. The second-order valence-corrected chi connectivity index (χ2v) is 4.79. The van der Waals surface area contributed by atoms with E-state index in [-0.39, 0.29) is 29.9 Å². The van der Waals surface area contributed by atoms with Gasteiger partial charge in [-0.25, -0.2) is 9.07 Å². The van der Waals surface area contributed by atoms with Crippen molar-refractivity contribution in [3.05, 3.63) is 41.2 Å². The maximum absolute atomic E-state index is 12.8. The topological polar surface area (TPSA) is 76.9 Å². The van der Waals surface area contributed by atoms with Gasteiger partial charge in [-0.05, 0) is 31.0 Å². The van der Waals surface area contributed by atoms with Crippen LogP contribution in [0.1, 0.15) is 37.4 Å². The number of nitrogen functional groups attached to an aromatic ring is 1. The van der Waals surface area contributed by atoms with E-state index in [1.165, 1.54) is 12.1 Å². The SMILES string of the molecule is CC[C@H](C)n1nc(OCc2ccc(F)cc2)c(C#N)c1N. The third-order valence-corrected chi connectivity index (χ3v) is 3.32. The van der Waals surface area contributed by atoms with E-state index < -0.39 is 0 Å². The predicted octanol–water partition coefficient (Wildman–Crippen LogP) is 3.03. The molecule has 1 atom stereocenters. The number of halogens is 1. The van der Waals surface area contributed by atoms with Crippen molar-refractivity contribution in [1.29, 1.82) is 5.26 Å². The molecule has 1 heterocycles. The van der Waals surface area contributed by atoms with Crippen molar-refractivity contribution in [3.63, 3.8) is 0 Å². The number of hydrogen-bond acceptors (Lipinski definition) is 4. The summed E-state index contributed by atoms with van der Waals surface area (Å²) in [5.74, 6) is 0.210. The Morgan fingerprint density at radius 1 is 1.43 bits per heavy atom. The second kappa shape index (κ2) is 6.27. The third-order valence-electron chi connectivity index (χ3n) is 3.32. The minimum atomic E-state index is -0.304. The highest BCUT2D eigenvalue weighted by Gasteiger charge is 2.19. The lowest BCUT2D eigenvalue weighted by Crippen LogP contribution is -2.09. The molecule has 0 aliphatic rings. The molecule has 0 unspecified atom stereocenters. The molecule has 6 heteroatoms. The number of anilines is 1. The standard InChI is InChI=1S/C15H17FN4O/c1-3-10(2)20-14(18)13(8-17)15(19-20)21-9-11-4-6-12(16)7-5-11/h4-7,10H,3,9,18H2,1-2H3/t10-/m0/s1. The van der Waals surface area contributed by atoms with Gasteiger partial charge in [0.05, 0.1) is 6.04 Å². The lowest BCUT2D eigenvalue weighted by molar-refractivity contribution is 0.286. The second-order valence-electron chi connectivity index (χ2n) is 4.79. The summed E-state index contributed by atoms with van der Waals surface area (Å²) in [7, 11) is 0. The number of hydrogen-bond donors (Lipinski definition) is 1. The fraction of sp³-hybridized carbons (Fsp3) is 0.333. The van der Waals surface area contributed by atoms with Crippen molar-refractivity contribution in [3.8, 4) is 11.9 Å². The van der Waals surface area contributed by atoms with Gasteiger partial charge in [0.1, 0.15) is 24.3 Å². The average Bonchev–Trinajstić information content (AvgIpc) is 2.82. The molecule has 0 bridgehead atoms. The monoisotopic (exact) mass is 288 g/mol. The summed E-state index contributed by atoms with van der Waals surface area (Å²) in [4.78, 5) is 0. The van der Waals surface area contributed by atoms with Gasteiger partial charge in [-0.15, -0.1) is 5.10 Å². The third kappa shape index (κ3) is 3.14. The number of aromatic nitrogens is 2. The first kappa shape index (κ1) is 14.9. The first-order chi connectivity index (χ1) is 10.1. The summed E-state index contributed by atoms with van der Waals surface area (Å²) in [6, 6.07) is 8.06. The zero-order valence-corrected chi connectivity index (χ0v) is 12.0. The highest BCUT2D eigenvalue weighted by Crippen LogP contribution is 2.27. The molecule has 5 nitrogen and oxygen atoms in total. The van der Waals surface area contributed by atoms with Crippen LogP contribution >= 0.6 is 0 Å². The fourth-order valence-electron chi connectivity index (χ4n) is 1.87. The maximum Gasteiger partial charge on any atom is 0.253 e. The molecule has 0 radical (unpaired) electrons. The quantitative estimate of drug-likeness (QED) is 0.917. The summed E-state index contributed by atoms with van der Waals surface area (Å²) in [6.07, 6.45) is 0.841. The van der Waals surface area contributed by atoms with Crippen LogP contribution in [-0.2, 0) is 6.61 Å². The van der Waals surface area contributed by atoms with Crippen molar-refractivity contribution in [2.75, 3.05) is 5.73 Å². The number of ether oxygens (including phenoxy) is 1. The van der Waals surface area contributed by atoms with E-state index in [0.29, 0.717) is 5.82 Å². The minimum Gasteiger partial charge on any atom is -0.471 e. The maximum atomic E-state index is 12.8. The van der Waals surface area contributed by atoms with Gasteiger partial charge in [-0.1, -0.05) is 19.1 Å². The molecule has 21 heavy (non-hydrogen) atoms. The molecule has 0 spiro atoms. The van der Waals surface area contributed by atoms with Crippen LogP contribution in [0.15, 0.2) is 24.3 Å². The Kier molecular flexibility index (Phi) is 4.43. The number of nitriles is 1. The van der Waals surface area contributed by atoms with Gasteiger partial charge in [-0.2, -0.15) is 5.26 Å². The molecule has 110 valence electrons. The molecule has 0 saturated heterocycles. The van der Waals surface area contributed by atoms with Crippen molar-refractivity contribution in [2.45, 2.75) is 32.9 Å². The molecular formula is C15H17FN4O. The first-order valence-corrected chi connectivity index (χ1v) is 6.72. The van der Waals surface area contributed by atoms with Crippen molar-refractivity contribution < 1.29 is 9.13 Å². The van der Waals surface area contributed by atoms with E-state index in [0.717, 1.165) is 12.0 Å². The summed E-state index contributed by atoms with van der Waals surface area (Å²) in [6.45, 7) is 4.18. The number of benzene rings is 1. The van der Waals surface area contributed by atoms with Gasteiger partial charge in [-0.3, -0.25) is 0 Å². The van der Waals surface area contributed by atoms with Gasteiger partial charge in [0.25, 0.3) is 5.88 Å². The lowest BCUT2D eigenvalue weighted by atomic mass is 10.2. The molecule has 0 amide bonds. The predicted molar refractivity (Wildman–Crippen MR) is 77.1 cm³/mol. The van der Waals surface area contributed by atoms with Crippen molar-refractivity contribution in [2.24, 2.45) is 0 Å². The molecular weight excluding hydrogens is 271 g/mol. The van der Waals surface area contributed by atoms with Gasteiger partial charge in [0.15, 0.2) is 5.56 Å². The smallest absolute Gasteiger partial charge is 0.253 e. The highest BCUT2D eigenvalue weighted by molar-refractivity contribution is 5.55. The normalized spacial score (nSPS) is 11.9. The Morgan fingerprint density at radius 2 is 2.10 bits per heavy atom. The molecule has 0 aliphatic heterocycles. The molecule has 1 aromatic carbocycles. The number of nitrogens with two attached hydrogens (primary N) is 1. The first-order valence-electron chi connectivity index (χ1n) is 6.72. The lowest BCUT2D eigenvalue weighted by Gasteiger charge is -2.10. The zero-order valence-electron chi connectivity index (χ0n) is 12.0. The Hall–Kier alpha value is -2.55. The van der Waals surface area contributed by atoms with Gasteiger partial charge in [0, 0.05) is 0 Å². The van der Waals surface area contributed by atoms with Gasteiger partial charge >= 0.3 is 0 Å².